The standard InChI is InChI=1S/C21H26N4O2S/c1-4-5-10-25-20(27)19-17(11-15(3)23-19)24-21(25)28-13-18(26)22-12-16-8-6-14(2)7-9-16/h6-9,11,23H,4-5,10,12-13H2,1-3H3,(H,22,26). The van der Waals surface area contributed by atoms with Crippen LogP contribution in [0.2, 0.25) is 0 Å². The van der Waals surface area contributed by atoms with Gasteiger partial charge in [0.2, 0.25) is 5.91 Å². The monoisotopic (exact) mass is 398 g/mol. The molecule has 28 heavy (non-hydrogen) atoms. The predicted molar refractivity (Wildman–Crippen MR) is 114 cm³/mol. The van der Waals surface area contributed by atoms with Crippen LogP contribution in [-0.2, 0) is 17.9 Å². The minimum atomic E-state index is -0.0767. The minimum absolute atomic E-state index is 0.0749. The third-order valence-corrected chi connectivity index (χ3v) is 5.49. The molecule has 6 nitrogen and oxygen atoms in total. The van der Waals surface area contributed by atoms with E-state index >= 15 is 0 Å². The number of fused-ring (bicyclic) bond motifs is 1. The van der Waals surface area contributed by atoms with Gasteiger partial charge in [-0.1, -0.05) is 54.9 Å². The van der Waals surface area contributed by atoms with E-state index in [1.165, 1.54) is 17.3 Å². The fourth-order valence-electron chi connectivity index (χ4n) is 2.92. The van der Waals surface area contributed by atoms with Crippen molar-refractivity contribution in [1.29, 1.82) is 0 Å². The number of carbonyl (C=O) groups excluding carboxylic acids is 1. The van der Waals surface area contributed by atoms with Crippen LogP contribution in [0.25, 0.3) is 11.0 Å². The molecule has 1 aromatic carbocycles. The maximum atomic E-state index is 12.8. The van der Waals surface area contributed by atoms with Gasteiger partial charge in [0.15, 0.2) is 5.16 Å². The third-order valence-electron chi connectivity index (χ3n) is 4.52. The summed E-state index contributed by atoms with van der Waals surface area (Å²) in [6, 6.07) is 9.94. The second kappa shape index (κ2) is 9.10. The number of nitrogens with zero attached hydrogens (tertiary/aromatic N) is 2. The number of hydrogen-bond donors (Lipinski definition) is 2. The first-order chi connectivity index (χ1) is 13.5. The molecule has 0 bridgehead atoms. The Morgan fingerprint density at radius 2 is 2.00 bits per heavy atom. The average Bonchev–Trinajstić information content (AvgIpc) is 3.06. The van der Waals surface area contributed by atoms with Crippen LogP contribution in [0.3, 0.4) is 0 Å². The SMILES string of the molecule is CCCCn1c(SCC(=O)NCc2ccc(C)cc2)nc2cc(C)[nH]c2c1=O. The van der Waals surface area contributed by atoms with Crippen molar-refractivity contribution in [2.75, 3.05) is 5.75 Å². The van der Waals surface area contributed by atoms with E-state index in [0.717, 1.165) is 24.1 Å². The molecule has 0 atom stereocenters. The molecule has 2 N–H and O–H groups in total. The maximum absolute atomic E-state index is 12.8. The summed E-state index contributed by atoms with van der Waals surface area (Å²) in [5.74, 6) is 0.145. The molecule has 0 saturated heterocycles. The number of amides is 1. The molecule has 0 unspecified atom stereocenters. The molecular weight excluding hydrogens is 372 g/mol. The van der Waals surface area contributed by atoms with E-state index in [4.69, 9.17) is 0 Å². The van der Waals surface area contributed by atoms with E-state index in [9.17, 15) is 9.59 Å². The summed E-state index contributed by atoms with van der Waals surface area (Å²) < 4.78 is 1.68. The number of H-pyrrole nitrogens is 1. The minimum Gasteiger partial charge on any atom is -0.353 e. The van der Waals surface area contributed by atoms with Crippen molar-refractivity contribution >= 4 is 28.7 Å². The first-order valence-corrected chi connectivity index (χ1v) is 10.5. The third kappa shape index (κ3) is 4.84. The van der Waals surface area contributed by atoms with E-state index in [1.807, 2.05) is 44.2 Å². The number of aryl methyl sites for hydroxylation is 2. The molecule has 3 rings (SSSR count). The van der Waals surface area contributed by atoms with E-state index in [0.29, 0.717) is 29.3 Å². The van der Waals surface area contributed by atoms with Crippen LogP contribution in [0.5, 0.6) is 0 Å². The van der Waals surface area contributed by atoms with Gasteiger partial charge in [-0.15, -0.1) is 0 Å². The predicted octanol–water partition coefficient (Wildman–Crippen LogP) is 3.55. The molecule has 0 spiro atoms. The Hall–Kier alpha value is -2.54. The van der Waals surface area contributed by atoms with Gasteiger partial charge in [0.25, 0.3) is 5.56 Å². The second-order valence-corrected chi connectivity index (χ2v) is 7.91. The van der Waals surface area contributed by atoms with Gasteiger partial charge in [0.05, 0.1) is 11.3 Å². The maximum Gasteiger partial charge on any atom is 0.278 e. The number of benzene rings is 1. The molecular formula is C21H26N4O2S. The molecule has 2 heterocycles. The number of carbonyl (C=O) groups is 1. The van der Waals surface area contributed by atoms with E-state index < -0.39 is 0 Å². The highest BCUT2D eigenvalue weighted by molar-refractivity contribution is 7.99. The smallest absolute Gasteiger partial charge is 0.278 e. The molecule has 0 aliphatic rings. The lowest BCUT2D eigenvalue weighted by atomic mass is 10.1. The molecule has 3 aromatic rings. The van der Waals surface area contributed by atoms with Crippen molar-refractivity contribution in [2.45, 2.75) is 51.9 Å². The number of thioether (sulfide) groups is 1. The van der Waals surface area contributed by atoms with E-state index in [2.05, 4.69) is 22.2 Å². The fraction of sp³-hybridized carbons (Fsp3) is 0.381. The van der Waals surface area contributed by atoms with Crippen molar-refractivity contribution in [3.05, 3.63) is 57.5 Å². The van der Waals surface area contributed by atoms with Gasteiger partial charge in [0, 0.05) is 18.8 Å². The first kappa shape index (κ1) is 20.2. The zero-order valence-electron chi connectivity index (χ0n) is 16.5. The largest absolute Gasteiger partial charge is 0.353 e. The van der Waals surface area contributed by atoms with Crippen molar-refractivity contribution in [3.63, 3.8) is 0 Å². The Morgan fingerprint density at radius 1 is 1.25 bits per heavy atom. The lowest BCUT2D eigenvalue weighted by Gasteiger charge is -2.11. The summed E-state index contributed by atoms with van der Waals surface area (Å²) >= 11 is 1.31. The summed E-state index contributed by atoms with van der Waals surface area (Å²) in [6.45, 7) is 7.12. The Balaban J connectivity index is 1.70. The average molecular weight is 399 g/mol. The molecule has 7 heteroatoms. The molecule has 0 aliphatic heterocycles. The van der Waals surface area contributed by atoms with Crippen LogP contribution in [-0.4, -0.2) is 26.2 Å². The van der Waals surface area contributed by atoms with Crippen LogP contribution in [0.4, 0.5) is 0 Å². The summed E-state index contributed by atoms with van der Waals surface area (Å²) in [5.41, 5.74) is 4.26. The topological polar surface area (TPSA) is 79.8 Å². The van der Waals surface area contributed by atoms with Crippen molar-refractivity contribution in [3.8, 4) is 0 Å². The molecule has 0 radical (unpaired) electrons. The van der Waals surface area contributed by atoms with E-state index in [1.54, 1.807) is 4.57 Å². The van der Waals surface area contributed by atoms with Crippen molar-refractivity contribution in [1.82, 2.24) is 19.9 Å². The van der Waals surface area contributed by atoms with Gasteiger partial charge in [-0.2, -0.15) is 0 Å². The molecule has 0 aliphatic carbocycles. The molecule has 1 amide bonds. The van der Waals surface area contributed by atoms with Gasteiger partial charge in [-0.25, -0.2) is 4.98 Å². The molecule has 0 fully saturated rings. The molecule has 0 saturated carbocycles. The zero-order chi connectivity index (χ0) is 20.1. The fourth-order valence-corrected chi connectivity index (χ4v) is 3.78. The Bertz CT molecular complexity index is 1020. The molecule has 148 valence electrons. The number of unbranched alkanes of at least 4 members (excludes halogenated alkanes) is 1. The van der Waals surface area contributed by atoms with Gasteiger partial charge in [0.1, 0.15) is 5.52 Å². The summed E-state index contributed by atoms with van der Waals surface area (Å²) in [6.07, 6.45) is 1.87. The Kier molecular flexibility index (Phi) is 6.57. The summed E-state index contributed by atoms with van der Waals surface area (Å²) in [5, 5.41) is 3.52. The number of rotatable bonds is 8. The van der Waals surface area contributed by atoms with Crippen LogP contribution in [0.1, 0.15) is 36.6 Å². The number of aromatic nitrogens is 3. The lowest BCUT2D eigenvalue weighted by Crippen LogP contribution is -2.27. The van der Waals surface area contributed by atoms with Crippen LogP contribution in [0.15, 0.2) is 40.3 Å². The van der Waals surface area contributed by atoms with Gasteiger partial charge in [-0.3, -0.25) is 14.2 Å². The first-order valence-electron chi connectivity index (χ1n) is 9.53. The van der Waals surface area contributed by atoms with Gasteiger partial charge in [-0.05, 0) is 31.9 Å². The Labute approximate surface area is 168 Å². The number of nitrogens with one attached hydrogen (secondary N) is 2. The second-order valence-electron chi connectivity index (χ2n) is 6.97. The summed E-state index contributed by atoms with van der Waals surface area (Å²) in [7, 11) is 0. The lowest BCUT2D eigenvalue weighted by molar-refractivity contribution is -0.118. The summed E-state index contributed by atoms with van der Waals surface area (Å²) in [4.78, 5) is 32.8. The van der Waals surface area contributed by atoms with Crippen LogP contribution < -0.4 is 10.9 Å². The number of hydrogen-bond acceptors (Lipinski definition) is 4. The highest BCUT2D eigenvalue weighted by atomic mass is 32.2. The van der Waals surface area contributed by atoms with Crippen molar-refractivity contribution < 1.29 is 4.79 Å². The van der Waals surface area contributed by atoms with Gasteiger partial charge >= 0.3 is 0 Å². The highest BCUT2D eigenvalue weighted by Gasteiger charge is 2.14. The normalized spacial score (nSPS) is 11.1. The number of aromatic amines is 1. The molecule has 2 aromatic heterocycles. The van der Waals surface area contributed by atoms with Gasteiger partial charge < -0.3 is 10.3 Å². The Morgan fingerprint density at radius 3 is 2.71 bits per heavy atom. The zero-order valence-corrected chi connectivity index (χ0v) is 17.4. The van der Waals surface area contributed by atoms with Crippen molar-refractivity contribution in [2.24, 2.45) is 0 Å². The highest BCUT2D eigenvalue weighted by Crippen LogP contribution is 2.19. The van der Waals surface area contributed by atoms with E-state index in [-0.39, 0.29) is 17.2 Å². The van der Waals surface area contributed by atoms with Crippen LogP contribution >= 0.6 is 11.8 Å². The quantitative estimate of drug-likeness (QED) is 0.449. The van der Waals surface area contributed by atoms with Crippen LogP contribution in [0, 0.1) is 13.8 Å².